The van der Waals surface area contributed by atoms with Gasteiger partial charge in [-0.25, -0.2) is 4.68 Å². The fraction of sp³-hybridized carbons (Fsp3) is 0.0952. The van der Waals surface area contributed by atoms with Crippen molar-refractivity contribution < 1.29 is 19.1 Å². The number of carbonyl (C=O) groups is 3. The van der Waals surface area contributed by atoms with Crippen molar-refractivity contribution in [1.29, 1.82) is 5.26 Å². The maximum absolute atomic E-state index is 12.0. The van der Waals surface area contributed by atoms with Gasteiger partial charge in [0.25, 0.3) is 5.91 Å². The van der Waals surface area contributed by atoms with Crippen molar-refractivity contribution in [2.45, 2.75) is 13.8 Å². The van der Waals surface area contributed by atoms with Gasteiger partial charge in [-0.1, -0.05) is 11.6 Å². The molecule has 32 heavy (non-hydrogen) atoms. The van der Waals surface area contributed by atoms with E-state index in [-0.39, 0.29) is 5.56 Å². The van der Waals surface area contributed by atoms with Gasteiger partial charge in [0, 0.05) is 5.56 Å². The number of carbonyl (C=O) groups excluding carboxylic acids is 3. The summed E-state index contributed by atoms with van der Waals surface area (Å²) < 4.78 is 7.60. The van der Waals surface area contributed by atoms with Crippen molar-refractivity contribution in [2.75, 3.05) is 0 Å². The third-order valence-corrected chi connectivity index (χ3v) is 4.71. The Kier molecular flexibility index (Phi) is 6.42. The van der Waals surface area contributed by atoms with E-state index in [1.165, 1.54) is 12.1 Å². The van der Waals surface area contributed by atoms with E-state index in [9.17, 15) is 14.4 Å². The van der Waals surface area contributed by atoms with E-state index >= 15 is 0 Å². The molecule has 4 N–H and O–H groups in total. The predicted molar refractivity (Wildman–Crippen MR) is 114 cm³/mol. The van der Waals surface area contributed by atoms with E-state index in [2.05, 4.69) is 10.5 Å². The Hall–Kier alpha value is -4.36. The zero-order chi connectivity index (χ0) is 23.4. The predicted octanol–water partition coefficient (Wildman–Crippen LogP) is 2.05. The first kappa shape index (κ1) is 22.3. The van der Waals surface area contributed by atoms with E-state index in [1.807, 2.05) is 18.4 Å². The van der Waals surface area contributed by atoms with Gasteiger partial charge < -0.3 is 10.5 Å². The summed E-state index contributed by atoms with van der Waals surface area (Å²) in [7, 11) is 0. The minimum atomic E-state index is -1.22. The summed E-state index contributed by atoms with van der Waals surface area (Å²) in [5.74, 6) is -2.01. The summed E-state index contributed by atoms with van der Waals surface area (Å²) in [6, 6.07) is 13.1. The van der Waals surface area contributed by atoms with Gasteiger partial charge in [0.1, 0.15) is 17.5 Å². The number of rotatable bonds is 4. The Morgan fingerprint density at radius 1 is 1.12 bits per heavy atom. The minimum Gasteiger partial charge on any atom is -0.453 e. The first-order valence-corrected chi connectivity index (χ1v) is 9.53. The average molecular weight is 453 g/mol. The molecular formula is C21H17ClN6O4. The highest BCUT2D eigenvalue weighted by Gasteiger charge is 2.17. The molecule has 0 fully saturated rings. The van der Waals surface area contributed by atoms with Crippen LogP contribution < -0.4 is 21.3 Å². The second-order valence-electron chi connectivity index (χ2n) is 6.59. The normalized spacial score (nSPS) is 10.2. The van der Waals surface area contributed by atoms with Gasteiger partial charge in [-0.05, 0) is 56.3 Å². The van der Waals surface area contributed by atoms with E-state index < -0.39 is 17.7 Å². The Balaban J connectivity index is 1.76. The first-order chi connectivity index (χ1) is 15.2. The van der Waals surface area contributed by atoms with Gasteiger partial charge >= 0.3 is 11.8 Å². The second-order valence-corrected chi connectivity index (χ2v) is 6.99. The summed E-state index contributed by atoms with van der Waals surface area (Å²) in [6.45, 7) is 3.61. The lowest BCUT2D eigenvalue weighted by molar-refractivity contribution is -0.137. The number of halogens is 1. The maximum atomic E-state index is 12.0. The highest BCUT2D eigenvalue weighted by Crippen LogP contribution is 2.31. The van der Waals surface area contributed by atoms with Gasteiger partial charge in [0.15, 0.2) is 5.75 Å². The van der Waals surface area contributed by atoms with Crippen LogP contribution in [0.15, 0.2) is 42.5 Å². The molecular weight excluding hydrogens is 436 g/mol. The standard InChI is InChI=1S/C21H17ClN6O4/c1-11-18(12(2)28(27-11)15-6-3-14(10-23)17(22)9-15)32-16-7-4-13(5-8-16)20(30)25-26-21(31)19(24)29/h3-9H,1-2H3,(H2,24,29)(H,25,30)(H,26,31). The van der Waals surface area contributed by atoms with Gasteiger partial charge in [-0.3, -0.25) is 25.2 Å². The Bertz CT molecular complexity index is 1260. The Morgan fingerprint density at radius 3 is 2.41 bits per heavy atom. The fourth-order valence-corrected chi connectivity index (χ4v) is 3.01. The number of hydrazine groups is 1. The number of benzene rings is 2. The molecule has 0 aliphatic heterocycles. The number of aryl methyl sites for hydroxylation is 1. The lowest BCUT2D eigenvalue weighted by Crippen LogP contribution is -2.47. The summed E-state index contributed by atoms with van der Waals surface area (Å²) in [6.07, 6.45) is 0. The van der Waals surface area contributed by atoms with Crippen LogP contribution in [0.25, 0.3) is 5.69 Å². The van der Waals surface area contributed by atoms with E-state index in [0.717, 1.165) is 0 Å². The number of hydrogen-bond acceptors (Lipinski definition) is 6. The van der Waals surface area contributed by atoms with Gasteiger partial charge in [-0.15, -0.1) is 0 Å². The van der Waals surface area contributed by atoms with Crippen molar-refractivity contribution in [3.05, 3.63) is 70.0 Å². The molecule has 0 unspecified atom stereocenters. The number of nitrogens with zero attached hydrogens (tertiary/aromatic N) is 3. The molecule has 162 valence electrons. The molecule has 10 nitrogen and oxygen atoms in total. The monoisotopic (exact) mass is 452 g/mol. The molecule has 1 heterocycles. The second kappa shape index (κ2) is 9.20. The first-order valence-electron chi connectivity index (χ1n) is 9.15. The van der Waals surface area contributed by atoms with Crippen molar-refractivity contribution in [3.63, 3.8) is 0 Å². The number of aromatic nitrogens is 2. The van der Waals surface area contributed by atoms with Crippen LogP contribution >= 0.6 is 11.6 Å². The zero-order valence-corrected chi connectivity index (χ0v) is 17.7. The summed E-state index contributed by atoms with van der Waals surface area (Å²) in [5, 5.41) is 13.8. The van der Waals surface area contributed by atoms with Crippen molar-refractivity contribution in [2.24, 2.45) is 5.73 Å². The van der Waals surface area contributed by atoms with Crippen LogP contribution in [0.1, 0.15) is 27.3 Å². The molecule has 0 spiro atoms. The highest BCUT2D eigenvalue weighted by molar-refractivity contribution is 6.34. The molecule has 3 aromatic rings. The number of amides is 3. The lowest BCUT2D eigenvalue weighted by Gasteiger charge is -2.09. The maximum Gasteiger partial charge on any atom is 0.327 e. The van der Waals surface area contributed by atoms with Crippen LogP contribution in [0.2, 0.25) is 5.02 Å². The third-order valence-electron chi connectivity index (χ3n) is 4.39. The molecule has 0 saturated heterocycles. The minimum absolute atomic E-state index is 0.221. The van der Waals surface area contributed by atoms with Crippen LogP contribution in [0, 0.1) is 25.2 Å². The average Bonchev–Trinajstić information content (AvgIpc) is 3.05. The topological polar surface area (TPSA) is 152 Å². The molecule has 0 aliphatic carbocycles. The Morgan fingerprint density at radius 2 is 1.81 bits per heavy atom. The number of ether oxygens (including phenoxy) is 1. The summed E-state index contributed by atoms with van der Waals surface area (Å²) in [5.41, 5.74) is 11.4. The van der Waals surface area contributed by atoms with Crippen LogP contribution in [0.5, 0.6) is 11.5 Å². The molecule has 0 bridgehead atoms. The summed E-state index contributed by atoms with van der Waals surface area (Å²) >= 11 is 6.13. The third kappa shape index (κ3) is 4.69. The van der Waals surface area contributed by atoms with Gasteiger partial charge in [0.05, 0.1) is 22.0 Å². The lowest BCUT2D eigenvalue weighted by atomic mass is 10.2. The Labute approximate surface area is 187 Å². The number of primary amides is 1. The van der Waals surface area contributed by atoms with E-state index in [0.29, 0.717) is 39.2 Å². The molecule has 2 aromatic carbocycles. The molecule has 0 aliphatic rings. The van der Waals surface area contributed by atoms with Crippen LogP contribution in [0.4, 0.5) is 0 Å². The van der Waals surface area contributed by atoms with E-state index in [4.69, 9.17) is 27.3 Å². The smallest absolute Gasteiger partial charge is 0.327 e. The highest BCUT2D eigenvalue weighted by atomic mass is 35.5. The number of nitrogens with two attached hydrogens (primary N) is 1. The number of nitriles is 1. The van der Waals surface area contributed by atoms with Crippen molar-refractivity contribution >= 4 is 29.3 Å². The molecule has 1 aromatic heterocycles. The van der Waals surface area contributed by atoms with Crippen LogP contribution in [-0.2, 0) is 9.59 Å². The summed E-state index contributed by atoms with van der Waals surface area (Å²) in [4.78, 5) is 33.8. The quantitative estimate of drug-likeness (QED) is 0.407. The SMILES string of the molecule is Cc1nn(-c2ccc(C#N)c(Cl)c2)c(C)c1Oc1ccc(C(=O)NNC(=O)C(N)=O)cc1. The molecule has 0 saturated carbocycles. The molecule has 0 radical (unpaired) electrons. The van der Waals surface area contributed by atoms with Gasteiger partial charge in [0.2, 0.25) is 0 Å². The number of nitrogens with one attached hydrogen (secondary N) is 2. The fourth-order valence-electron chi connectivity index (χ4n) is 2.79. The van der Waals surface area contributed by atoms with Crippen LogP contribution in [0.3, 0.4) is 0 Å². The molecule has 11 heteroatoms. The van der Waals surface area contributed by atoms with Crippen molar-refractivity contribution in [1.82, 2.24) is 20.6 Å². The molecule has 0 atom stereocenters. The largest absolute Gasteiger partial charge is 0.453 e. The number of hydrogen-bond donors (Lipinski definition) is 3. The molecule has 3 amide bonds. The van der Waals surface area contributed by atoms with Crippen LogP contribution in [-0.4, -0.2) is 27.5 Å². The van der Waals surface area contributed by atoms with Crippen molar-refractivity contribution in [3.8, 4) is 23.3 Å². The van der Waals surface area contributed by atoms with E-state index in [1.54, 1.807) is 41.9 Å². The molecule has 3 rings (SSSR count). The van der Waals surface area contributed by atoms with Gasteiger partial charge in [-0.2, -0.15) is 10.4 Å². The zero-order valence-electron chi connectivity index (χ0n) is 17.0.